The highest BCUT2D eigenvalue weighted by Gasteiger charge is 2.23. The molecule has 0 radical (unpaired) electrons. The lowest BCUT2D eigenvalue weighted by Crippen LogP contribution is -2.44. The zero-order chi connectivity index (χ0) is 23.3. The molecule has 0 fully saturated rings. The van der Waals surface area contributed by atoms with Crippen LogP contribution in [0.2, 0.25) is 0 Å². The molecule has 0 bridgehead atoms. The quantitative estimate of drug-likeness (QED) is 0.255. The van der Waals surface area contributed by atoms with E-state index in [2.05, 4.69) is 10.6 Å². The number of carbonyl (C=O) groups is 4. The Kier molecular flexibility index (Phi) is 10.6. The number of amides is 2. The lowest BCUT2D eigenvalue weighted by molar-refractivity contribution is -0.141. The highest BCUT2D eigenvalue weighted by atomic mass is 33.1. The molecule has 2 aromatic rings. The molecule has 0 saturated carbocycles. The van der Waals surface area contributed by atoms with Gasteiger partial charge in [0.25, 0.3) is 0 Å². The van der Waals surface area contributed by atoms with Crippen molar-refractivity contribution >= 4 is 45.3 Å². The van der Waals surface area contributed by atoms with E-state index in [9.17, 15) is 29.4 Å². The van der Waals surface area contributed by atoms with Gasteiger partial charge in [-0.2, -0.15) is 0 Å². The average Bonchev–Trinajstić information content (AvgIpc) is 2.76. The van der Waals surface area contributed by atoms with Gasteiger partial charge in [0.2, 0.25) is 11.8 Å². The summed E-state index contributed by atoms with van der Waals surface area (Å²) in [5.74, 6) is -3.08. The molecule has 0 spiro atoms. The first-order valence-corrected chi connectivity index (χ1v) is 12.2. The molecule has 0 unspecified atom stereocenters. The van der Waals surface area contributed by atoms with Crippen LogP contribution >= 0.6 is 21.6 Å². The summed E-state index contributed by atoms with van der Waals surface area (Å²) in [6.45, 7) is 0. The minimum Gasteiger partial charge on any atom is -0.480 e. The third-order valence-electron chi connectivity index (χ3n) is 4.23. The number of carboxylic acid groups (broad SMARTS) is 2. The summed E-state index contributed by atoms with van der Waals surface area (Å²) >= 11 is 0. The third-order valence-corrected chi connectivity index (χ3v) is 6.66. The van der Waals surface area contributed by atoms with Gasteiger partial charge in [0.05, 0.1) is 12.8 Å². The van der Waals surface area contributed by atoms with Crippen LogP contribution in [0, 0.1) is 0 Å². The average molecular weight is 477 g/mol. The number of aliphatic carboxylic acids is 2. The van der Waals surface area contributed by atoms with Crippen molar-refractivity contribution in [2.24, 2.45) is 0 Å². The predicted molar refractivity (Wildman–Crippen MR) is 124 cm³/mol. The molecule has 10 heteroatoms. The molecule has 8 nitrogen and oxygen atoms in total. The van der Waals surface area contributed by atoms with Crippen molar-refractivity contribution in [3.8, 4) is 0 Å². The van der Waals surface area contributed by atoms with Crippen LogP contribution < -0.4 is 10.6 Å². The fourth-order valence-corrected chi connectivity index (χ4v) is 4.95. The summed E-state index contributed by atoms with van der Waals surface area (Å²) in [6.07, 6.45) is 0.133. The van der Waals surface area contributed by atoms with E-state index in [1.54, 1.807) is 48.5 Å². The van der Waals surface area contributed by atoms with Gasteiger partial charge < -0.3 is 20.8 Å². The monoisotopic (exact) mass is 476 g/mol. The second-order valence-electron chi connectivity index (χ2n) is 6.81. The summed E-state index contributed by atoms with van der Waals surface area (Å²) in [4.78, 5) is 47.1. The zero-order valence-corrected chi connectivity index (χ0v) is 18.7. The van der Waals surface area contributed by atoms with Gasteiger partial charge in [-0.05, 0) is 11.1 Å². The van der Waals surface area contributed by atoms with Gasteiger partial charge in [-0.3, -0.25) is 9.59 Å². The van der Waals surface area contributed by atoms with E-state index >= 15 is 0 Å². The van der Waals surface area contributed by atoms with Crippen molar-refractivity contribution < 1.29 is 29.4 Å². The molecule has 0 aromatic heterocycles. The first-order valence-electron chi connectivity index (χ1n) is 9.71. The van der Waals surface area contributed by atoms with Crippen LogP contribution in [0.25, 0.3) is 0 Å². The topological polar surface area (TPSA) is 133 Å². The zero-order valence-electron chi connectivity index (χ0n) is 17.1. The summed E-state index contributed by atoms with van der Waals surface area (Å²) in [5.41, 5.74) is 1.54. The van der Waals surface area contributed by atoms with Crippen LogP contribution in [0.3, 0.4) is 0 Å². The van der Waals surface area contributed by atoms with Crippen LogP contribution in [0.1, 0.15) is 11.1 Å². The van der Waals surface area contributed by atoms with E-state index in [1.807, 2.05) is 12.1 Å². The largest absolute Gasteiger partial charge is 0.480 e. The number of carbonyl (C=O) groups excluding carboxylic acids is 2. The van der Waals surface area contributed by atoms with Crippen molar-refractivity contribution in [2.75, 3.05) is 11.5 Å². The van der Waals surface area contributed by atoms with Gasteiger partial charge in [0, 0.05) is 11.5 Å². The number of benzene rings is 2. The maximum Gasteiger partial charge on any atom is 0.327 e. The molecule has 0 aliphatic heterocycles. The second-order valence-corrected chi connectivity index (χ2v) is 9.36. The van der Waals surface area contributed by atoms with Crippen LogP contribution in [-0.2, 0) is 32.0 Å². The standard InChI is InChI=1S/C22H24N2O6S2/c25-19(11-15-7-3-1-4-8-15)23-17(21(27)28)13-31-32-14-18(22(29)30)24-20(26)12-16-9-5-2-6-10-16/h1-10,17-18H,11-14H2,(H,23,25)(H,24,26)(H,27,28)(H,29,30)/t17-,18+. The molecule has 2 rings (SSSR count). The summed E-state index contributed by atoms with van der Waals surface area (Å²) in [6, 6.07) is 15.7. The molecule has 0 aliphatic rings. The third kappa shape index (κ3) is 9.44. The normalized spacial score (nSPS) is 12.4. The van der Waals surface area contributed by atoms with Crippen molar-refractivity contribution in [2.45, 2.75) is 24.9 Å². The Hall–Kier alpha value is -2.98. The highest BCUT2D eigenvalue weighted by Crippen LogP contribution is 2.23. The van der Waals surface area contributed by atoms with Crippen LogP contribution in [0.15, 0.2) is 60.7 Å². The van der Waals surface area contributed by atoms with Crippen LogP contribution in [0.4, 0.5) is 0 Å². The van der Waals surface area contributed by atoms with Gasteiger partial charge in [-0.15, -0.1) is 0 Å². The maximum absolute atomic E-state index is 12.1. The van der Waals surface area contributed by atoms with Crippen molar-refractivity contribution in [3.05, 3.63) is 71.8 Å². The first kappa shape index (κ1) is 25.3. The van der Waals surface area contributed by atoms with Gasteiger partial charge >= 0.3 is 11.9 Å². The predicted octanol–water partition coefficient (Wildman–Crippen LogP) is 1.99. The Labute approximate surface area is 193 Å². The number of carboxylic acids is 2. The van der Waals surface area contributed by atoms with E-state index in [4.69, 9.17) is 0 Å². The minimum atomic E-state index is -1.18. The van der Waals surface area contributed by atoms with Crippen molar-refractivity contribution in [1.29, 1.82) is 0 Å². The maximum atomic E-state index is 12.1. The van der Waals surface area contributed by atoms with Crippen LogP contribution in [0.5, 0.6) is 0 Å². The molecule has 0 heterocycles. The van der Waals surface area contributed by atoms with Gasteiger partial charge in [0.15, 0.2) is 0 Å². The Bertz CT molecular complexity index is 836. The number of rotatable bonds is 13. The molecule has 2 amide bonds. The first-order chi connectivity index (χ1) is 15.3. The van der Waals surface area contributed by atoms with Crippen molar-refractivity contribution in [1.82, 2.24) is 10.6 Å². The Morgan fingerprint density at radius 3 is 1.31 bits per heavy atom. The molecule has 0 saturated heterocycles. The Morgan fingerprint density at radius 1 is 0.656 bits per heavy atom. The molecule has 2 aromatic carbocycles. The van der Waals surface area contributed by atoms with E-state index in [0.29, 0.717) is 0 Å². The van der Waals surface area contributed by atoms with Gasteiger partial charge in [-0.1, -0.05) is 82.3 Å². The lowest BCUT2D eigenvalue weighted by Gasteiger charge is -2.16. The fourth-order valence-electron chi connectivity index (χ4n) is 2.63. The number of hydrogen-bond acceptors (Lipinski definition) is 6. The smallest absolute Gasteiger partial charge is 0.327 e. The summed E-state index contributed by atoms with van der Waals surface area (Å²) < 4.78 is 0. The number of hydrogen-bond donors (Lipinski definition) is 4. The Morgan fingerprint density at radius 2 is 1.00 bits per heavy atom. The molecule has 2 atom stereocenters. The van der Waals surface area contributed by atoms with Gasteiger partial charge in [-0.25, -0.2) is 9.59 Å². The molecule has 0 aliphatic carbocycles. The van der Waals surface area contributed by atoms with E-state index in [-0.39, 0.29) is 24.3 Å². The highest BCUT2D eigenvalue weighted by molar-refractivity contribution is 8.76. The van der Waals surface area contributed by atoms with Crippen molar-refractivity contribution in [3.63, 3.8) is 0 Å². The van der Waals surface area contributed by atoms with Gasteiger partial charge in [0.1, 0.15) is 12.1 Å². The second kappa shape index (κ2) is 13.4. The molecule has 4 N–H and O–H groups in total. The summed E-state index contributed by atoms with van der Waals surface area (Å²) in [5, 5.41) is 23.7. The van der Waals surface area contributed by atoms with E-state index in [0.717, 1.165) is 32.7 Å². The molecular formula is C22H24N2O6S2. The van der Waals surface area contributed by atoms with E-state index < -0.39 is 35.8 Å². The molecular weight excluding hydrogens is 452 g/mol. The SMILES string of the molecule is O=C(Cc1ccccc1)N[C@@H](CSSC[C@@H](NC(=O)Cc1ccccc1)C(=O)O)C(=O)O. The molecule has 170 valence electrons. The van der Waals surface area contributed by atoms with E-state index in [1.165, 1.54) is 0 Å². The summed E-state index contributed by atoms with van der Waals surface area (Å²) in [7, 11) is 2.24. The van der Waals surface area contributed by atoms with Crippen LogP contribution in [-0.4, -0.2) is 57.6 Å². The Balaban J connectivity index is 1.76. The molecule has 32 heavy (non-hydrogen) atoms. The minimum absolute atomic E-state index is 0.0465. The fraction of sp³-hybridized carbons (Fsp3) is 0.273. The lowest BCUT2D eigenvalue weighted by atomic mass is 10.1. The number of nitrogens with one attached hydrogen (secondary N) is 2.